The fraction of sp³-hybridized carbons (Fsp3) is 0.818. The van der Waals surface area contributed by atoms with Gasteiger partial charge in [0.1, 0.15) is 0 Å². The van der Waals surface area contributed by atoms with E-state index in [1.54, 1.807) is 0 Å². The van der Waals surface area contributed by atoms with Crippen molar-refractivity contribution in [2.45, 2.75) is 39.3 Å². The predicted octanol–water partition coefficient (Wildman–Crippen LogP) is 1.51. The molecular weight excluding hydrogens is 162 g/mol. The lowest BCUT2D eigenvalue weighted by molar-refractivity contribution is -0.0241. The zero-order chi connectivity index (χ0) is 9.68. The SMILES string of the molecule is CCC#CC(C)N1CCO[C@H](C)C1. The lowest BCUT2D eigenvalue weighted by Gasteiger charge is -2.33. The highest BCUT2D eigenvalue weighted by Gasteiger charge is 2.19. The maximum absolute atomic E-state index is 5.47. The Hall–Kier alpha value is -0.520. The Kier molecular flexibility index (Phi) is 4.27. The topological polar surface area (TPSA) is 12.5 Å². The van der Waals surface area contributed by atoms with Gasteiger partial charge in [0.2, 0.25) is 0 Å². The molecule has 1 rings (SSSR count). The Morgan fingerprint density at radius 2 is 2.38 bits per heavy atom. The molecule has 0 spiro atoms. The molecule has 1 fully saturated rings. The van der Waals surface area contributed by atoms with E-state index in [0.29, 0.717) is 12.1 Å². The Bertz CT molecular complexity index is 204. The molecule has 1 unspecified atom stereocenters. The molecule has 0 N–H and O–H groups in total. The molecule has 13 heavy (non-hydrogen) atoms. The van der Waals surface area contributed by atoms with Gasteiger partial charge in [0, 0.05) is 19.5 Å². The van der Waals surface area contributed by atoms with Crippen LogP contribution in [-0.2, 0) is 4.74 Å². The van der Waals surface area contributed by atoms with Gasteiger partial charge < -0.3 is 4.74 Å². The first-order valence-electron chi connectivity index (χ1n) is 5.08. The summed E-state index contributed by atoms with van der Waals surface area (Å²) in [4.78, 5) is 2.39. The minimum absolute atomic E-state index is 0.361. The third-order valence-corrected chi connectivity index (χ3v) is 2.31. The van der Waals surface area contributed by atoms with E-state index in [-0.39, 0.29) is 0 Å². The second kappa shape index (κ2) is 5.26. The molecule has 2 heteroatoms. The largest absolute Gasteiger partial charge is 0.376 e. The standard InChI is InChI=1S/C11H19NO/c1-4-5-6-10(2)12-7-8-13-11(3)9-12/h10-11H,4,7-9H2,1-3H3/t10?,11-/m1/s1. The van der Waals surface area contributed by atoms with Crippen LogP contribution < -0.4 is 0 Å². The summed E-state index contributed by atoms with van der Waals surface area (Å²) < 4.78 is 5.47. The molecule has 0 bridgehead atoms. The number of hydrogen-bond donors (Lipinski definition) is 0. The quantitative estimate of drug-likeness (QED) is 0.569. The van der Waals surface area contributed by atoms with Gasteiger partial charge in [0.15, 0.2) is 0 Å². The van der Waals surface area contributed by atoms with E-state index in [0.717, 1.165) is 26.1 Å². The minimum Gasteiger partial charge on any atom is -0.376 e. The summed E-state index contributed by atoms with van der Waals surface area (Å²) in [5, 5.41) is 0. The first kappa shape index (κ1) is 10.6. The zero-order valence-electron chi connectivity index (χ0n) is 8.84. The Balaban J connectivity index is 2.41. The second-order valence-electron chi connectivity index (χ2n) is 3.53. The van der Waals surface area contributed by atoms with Crippen molar-refractivity contribution >= 4 is 0 Å². The van der Waals surface area contributed by atoms with Crippen molar-refractivity contribution in [3.05, 3.63) is 0 Å². The molecule has 2 atom stereocenters. The molecule has 1 aliphatic rings. The van der Waals surface area contributed by atoms with Gasteiger partial charge in [0.05, 0.1) is 18.8 Å². The Morgan fingerprint density at radius 1 is 1.62 bits per heavy atom. The lowest BCUT2D eigenvalue weighted by Crippen LogP contribution is -2.45. The lowest BCUT2D eigenvalue weighted by atomic mass is 10.2. The Labute approximate surface area is 81.3 Å². The number of morpholine rings is 1. The maximum Gasteiger partial charge on any atom is 0.0687 e. The first-order valence-corrected chi connectivity index (χ1v) is 5.08. The molecule has 0 saturated carbocycles. The molecule has 0 amide bonds. The van der Waals surface area contributed by atoms with E-state index < -0.39 is 0 Å². The second-order valence-corrected chi connectivity index (χ2v) is 3.53. The van der Waals surface area contributed by atoms with Gasteiger partial charge in [-0.05, 0) is 13.8 Å². The molecule has 1 heterocycles. The van der Waals surface area contributed by atoms with Crippen molar-refractivity contribution in [2.24, 2.45) is 0 Å². The van der Waals surface area contributed by atoms with Crippen molar-refractivity contribution in [1.29, 1.82) is 0 Å². The van der Waals surface area contributed by atoms with Crippen LogP contribution in [0.2, 0.25) is 0 Å². The van der Waals surface area contributed by atoms with Gasteiger partial charge in [-0.25, -0.2) is 0 Å². The van der Waals surface area contributed by atoms with Crippen LogP contribution in [0.4, 0.5) is 0 Å². The molecular formula is C11H19NO. The number of hydrogen-bond acceptors (Lipinski definition) is 2. The maximum atomic E-state index is 5.47. The molecule has 0 radical (unpaired) electrons. The molecule has 0 aromatic heterocycles. The number of nitrogens with zero attached hydrogens (tertiary/aromatic N) is 1. The van der Waals surface area contributed by atoms with Crippen molar-refractivity contribution in [1.82, 2.24) is 4.90 Å². The van der Waals surface area contributed by atoms with E-state index in [1.165, 1.54) is 0 Å². The molecule has 0 aromatic rings. The van der Waals surface area contributed by atoms with Gasteiger partial charge in [-0.3, -0.25) is 4.90 Å². The van der Waals surface area contributed by atoms with Gasteiger partial charge in [0.25, 0.3) is 0 Å². The van der Waals surface area contributed by atoms with Crippen LogP contribution in [0.3, 0.4) is 0 Å². The van der Waals surface area contributed by atoms with Crippen LogP contribution in [0.1, 0.15) is 27.2 Å². The van der Waals surface area contributed by atoms with Crippen LogP contribution in [-0.4, -0.2) is 36.7 Å². The highest BCUT2D eigenvalue weighted by Crippen LogP contribution is 2.07. The van der Waals surface area contributed by atoms with Crippen LogP contribution in [0.15, 0.2) is 0 Å². The van der Waals surface area contributed by atoms with E-state index in [2.05, 4.69) is 37.5 Å². The van der Waals surface area contributed by atoms with Crippen molar-refractivity contribution in [3.8, 4) is 11.8 Å². The molecule has 0 aromatic carbocycles. The van der Waals surface area contributed by atoms with Crippen molar-refractivity contribution in [3.63, 3.8) is 0 Å². The van der Waals surface area contributed by atoms with Gasteiger partial charge in [-0.2, -0.15) is 0 Å². The normalized spacial score (nSPS) is 26.2. The van der Waals surface area contributed by atoms with E-state index in [9.17, 15) is 0 Å². The molecule has 2 nitrogen and oxygen atoms in total. The average molecular weight is 181 g/mol. The summed E-state index contributed by atoms with van der Waals surface area (Å²) in [5.41, 5.74) is 0. The van der Waals surface area contributed by atoms with Gasteiger partial charge in [-0.15, -0.1) is 5.92 Å². The van der Waals surface area contributed by atoms with Crippen molar-refractivity contribution < 1.29 is 4.74 Å². The van der Waals surface area contributed by atoms with E-state index in [1.807, 2.05) is 0 Å². The first-order chi connectivity index (χ1) is 6.24. The number of ether oxygens (including phenoxy) is 1. The summed E-state index contributed by atoms with van der Waals surface area (Å²) >= 11 is 0. The highest BCUT2D eigenvalue weighted by atomic mass is 16.5. The third-order valence-electron chi connectivity index (χ3n) is 2.31. The summed E-state index contributed by atoms with van der Waals surface area (Å²) in [5.74, 6) is 6.37. The smallest absolute Gasteiger partial charge is 0.0687 e. The minimum atomic E-state index is 0.361. The fourth-order valence-corrected chi connectivity index (χ4v) is 1.54. The van der Waals surface area contributed by atoms with Crippen LogP contribution in [0.5, 0.6) is 0 Å². The number of rotatable bonds is 1. The highest BCUT2D eigenvalue weighted by molar-refractivity contribution is 5.06. The fourth-order valence-electron chi connectivity index (χ4n) is 1.54. The summed E-state index contributed by atoms with van der Waals surface area (Å²) in [6, 6.07) is 0.381. The summed E-state index contributed by atoms with van der Waals surface area (Å²) in [6.07, 6.45) is 1.31. The summed E-state index contributed by atoms with van der Waals surface area (Å²) in [7, 11) is 0. The van der Waals surface area contributed by atoms with E-state index >= 15 is 0 Å². The monoisotopic (exact) mass is 181 g/mol. The summed E-state index contributed by atoms with van der Waals surface area (Å²) in [6.45, 7) is 9.25. The van der Waals surface area contributed by atoms with Crippen LogP contribution in [0, 0.1) is 11.8 Å². The zero-order valence-corrected chi connectivity index (χ0v) is 8.84. The molecule has 0 aliphatic carbocycles. The van der Waals surface area contributed by atoms with Crippen LogP contribution >= 0.6 is 0 Å². The third kappa shape index (κ3) is 3.38. The van der Waals surface area contributed by atoms with Gasteiger partial charge >= 0.3 is 0 Å². The van der Waals surface area contributed by atoms with Crippen molar-refractivity contribution in [2.75, 3.05) is 19.7 Å². The molecule has 1 aliphatic heterocycles. The Morgan fingerprint density at radius 3 is 3.00 bits per heavy atom. The molecule has 74 valence electrons. The predicted molar refractivity (Wildman–Crippen MR) is 54.5 cm³/mol. The molecule has 1 saturated heterocycles. The average Bonchev–Trinajstić information content (AvgIpc) is 2.14. The van der Waals surface area contributed by atoms with E-state index in [4.69, 9.17) is 4.74 Å². The van der Waals surface area contributed by atoms with Gasteiger partial charge in [-0.1, -0.05) is 12.8 Å². The van der Waals surface area contributed by atoms with Crippen LogP contribution in [0.25, 0.3) is 0 Å².